The minimum Gasteiger partial charge on any atom is -0.396 e. The van der Waals surface area contributed by atoms with Gasteiger partial charge in [-0.05, 0) is 25.7 Å². The first-order chi connectivity index (χ1) is 8.60. The minimum absolute atomic E-state index is 0.0473. The van der Waals surface area contributed by atoms with Crippen molar-refractivity contribution in [1.82, 2.24) is 20.3 Å². The van der Waals surface area contributed by atoms with E-state index in [4.69, 9.17) is 5.11 Å². The molecule has 0 aromatic carbocycles. The summed E-state index contributed by atoms with van der Waals surface area (Å²) in [7, 11) is 0. The van der Waals surface area contributed by atoms with Gasteiger partial charge in [-0.25, -0.2) is 4.68 Å². The third-order valence-electron chi connectivity index (χ3n) is 3.39. The molecule has 1 aromatic heterocycles. The smallest absolute Gasteiger partial charge is 0.242 e. The lowest BCUT2D eigenvalue weighted by molar-refractivity contribution is -0.122. The summed E-state index contributed by atoms with van der Waals surface area (Å²) in [4.78, 5) is 11.8. The Morgan fingerprint density at radius 3 is 2.94 bits per heavy atom. The van der Waals surface area contributed by atoms with Crippen LogP contribution in [0.2, 0.25) is 0 Å². The molecule has 18 heavy (non-hydrogen) atoms. The molecule has 1 amide bonds. The molecule has 0 spiro atoms. The second-order valence-electron chi connectivity index (χ2n) is 5.13. The Morgan fingerprint density at radius 2 is 2.33 bits per heavy atom. The molecule has 1 heterocycles. The van der Waals surface area contributed by atoms with Gasteiger partial charge in [0.2, 0.25) is 5.91 Å². The average molecular weight is 252 g/mol. The van der Waals surface area contributed by atoms with Gasteiger partial charge in [-0.2, -0.15) is 0 Å². The van der Waals surface area contributed by atoms with E-state index in [1.165, 1.54) is 12.8 Å². The monoisotopic (exact) mass is 252 g/mol. The van der Waals surface area contributed by atoms with E-state index in [-0.39, 0.29) is 31.0 Å². The number of rotatable bonds is 6. The highest BCUT2D eigenvalue weighted by Gasteiger charge is 2.26. The van der Waals surface area contributed by atoms with Crippen molar-refractivity contribution in [3.8, 4) is 0 Å². The van der Waals surface area contributed by atoms with Crippen molar-refractivity contribution < 1.29 is 9.90 Å². The zero-order valence-corrected chi connectivity index (χ0v) is 10.8. The third kappa shape index (κ3) is 3.29. The summed E-state index contributed by atoms with van der Waals surface area (Å²) >= 11 is 0. The van der Waals surface area contributed by atoms with Crippen molar-refractivity contribution in [2.75, 3.05) is 6.61 Å². The van der Waals surface area contributed by atoms with Crippen LogP contribution >= 0.6 is 0 Å². The van der Waals surface area contributed by atoms with Crippen LogP contribution in [0, 0.1) is 5.92 Å². The first-order valence-corrected chi connectivity index (χ1v) is 6.40. The van der Waals surface area contributed by atoms with Gasteiger partial charge in [0.05, 0.1) is 5.69 Å². The first-order valence-electron chi connectivity index (χ1n) is 6.40. The van der Waals surface area contributed by atoms with Gasteiger partial charge < -0.3 is 10.4 Å². The van der Waals surface area contributed by atoms with Crippen LogP contribution in [0.25, 0.3) is 0 Å². The molecular weight excluding hydrogens is 232 g/mol. The predicted molar refractivity (Wildman–Crippen MR) is 65.9 cm³/mol. The number of aromatic nitrogens is 3. The molecule has 0 bridgehead atoms. The average Bonchev–Trinajstić information content (AvgIpc) is 3.09. The summed E-state index contributed by atoms with van der Waals surface area (Å²) in [5, 5.41) is 19.8. The standard InChI is InChI=1S/C12H20N4O2/c1-8(7-17)9(2)13-12(18)6-16-5-11(14-15-16)10-3-4-10/h5,8-10,17H,3-4,6-7H2,1-2H3,(H,13,18). The predicted octanol–water partition coefficient (Wildman–Crippen LogP) is 0.289. The normalized spacial score (nSPS) is 18.4. The van der Waals surface area contributed by atoms with Crippen molar-refractivity contribution in [2.24, 2.45) is 5.92 Å². The molecule has 1 saturated carbocycles. The summed E-state index contributed by atoms with van der Waals surface area (Å²) in [6.45, 7) is 4.03. The topological polar surface area (TPSA) is 80.0 Å². The Kier molecular flexibility index (Phi) is 3.96. The number of hydrogen-bond acceptors (Lipinski definition) is 4. The van der Waals surface area contributed by atoms with Gasteiger partial charge in [-0.1, -0.05) is 12.1 Å². The Hall–Kier alpha value is -1.43. The van der Waals surface area contributed by atoms with Crippen molar-refractivity contribution >= 4 is 5.91 Å². The van der Waals surface area contributed by atoms with Crippen molar-refractivity contribution in [3.63, 3.8) is 0 Å². The molecule has 6 nitrogen and oxygen atoms in total. The van der Waals surface area contributed by atoms with E-state index >= 15 is 0 Å². The molecule has 2 unspecified atom stereocenters. The van der Waals surface area contributed by atoms with Gasteiger partial charge in [0.1, 0.15) is 6.54 Å². The largest absolute Gasteiger partial charge is 0.396 e. The maximum atomic E-state index is 11.8. The fourth-order valence-electron chi connectivity index (χ4n) is 1.70. The summed E-state index contributed by atoms with van der Waals surface area (Å²) < 4.78 is 1.57. The fraction of sp³-hybridized carbons (Fsp3) is 0.750. The summed E-state index contributed by atoms with van der Waals surface area (Å²) in [5.74, 6) is 0.497. The summed E-state index contributed by atoms with van der Waals surface area (Å²) in [6.07, 6.45) is 4.20. The van der Waals surface area contributed by atoms with E-state index < -0.39 is 0 Å². The van der Waals surface area contributed by atoms with Crippen LogP contribution in [0.4, 0.5) is 0 Å². The molecule has 0 saturated heterocycles. The van der Waals surface area contributed by atoms with Gasteiger partial charge in [-0.15, -0.1) is 5.10 Å². The number of amides is 1. The van der Waals surface area contributed by atoms with E-state index in [0.717, 1.165) is 5.69 Å². The summed E-state index contributed by atoms with van der Waals surface area (Å²) in [6, 6.07) is -0.0473. The molecule has 2 atom stereocenters. The number of aliphatic hydroxyl groups is 1. The molecule has 1 fully saturated rings. The van der Waals surface area contributed by atoms with Gasteiger partial charge in [0.25, 0.3) is 0 Å². The van der Waals surface area contributed by atoms with E-state index in [9.17, 15) is 4.79 Å². The van der Waals surface area contributed by atoms with E-state index in [2.05, 4.69) is 15.6 Å². The molecule has 0 radical (unpaired) electrons. The van der Waals surface area contributed by atoms with Crippen LogP contribution in [0.5, 0.6) is 0 Å². The maximum absolute atomic E-state index is 11.8. The number of nitrogens with zero attached hydrogens (tertiary/aromatic N) is 3. The second-order valence-corrected chi connectivity index (χ2v) is 5.13. The molecule has 2 rings (SSSR count). The molecule has 1 aliphatic rings. The highest BCUT2D eigenvalue weighted by atomic mass is 16.3. The first kappa shape index (κ1) is 13.0. The number of aliphatic hydroxyl groups excluding tert-OH is 1. The molecular formula is C12H20N4O2. The zero-order chi connectivity index (χ0) is 13.1. The summed E-state index contributed by atoms with van der Waals surface area (Å²) in [5.41, 5.74) is 0.986. The van der Waals surface area contributed by atoms with Crippen molar-refractivity contribution in [1.29, 1.82) is 0 Å². The quantitative estimate of drug-likeness (QED) is 0.762. The maximum Gasteiger partial charge on any atom is 0.242 e. The number of carbonyl (C=O) groups excluding carboxylic acids is 1. The van der Waals surface area contributed by atoms with E-state index in [0.29, 0.717) is 5.92 Å². The van der Waals surface area contributed by atoms with E-state index in [1.807, 2.05) is 20.0 Å². The highest BCUT2D eigenvalue weighted by molar-refractivity contribution is 5.75. The lowest BCUT2D eigenvalue weighted by Crippen LogP contribution is -2.40. The molecule has 1 aliphatic carbocycles. The number of nitrogens with one attached hydrogen (secondary N) is 1. The molecule has 100 valence electrons. The third-order valence-corrected chi connectivity index (χ3v) is 3.39. The van der Waals surface area contributed by atoms with Crippen molar-refractivity contribution in [3.05, 3.63) is 11.9 Å². The highest BCUT2D eigenvalue weighted by Crippen LogP contribution is 2.38. The Balaban J connectivity index is 1.82. The lowest BCUT2D eigenvalue weighted by Gasteiger charge is -2.18. The Morgan fingerprint density at radius 1 is 1.61 bits per heavy atom. The zero-order valence-electron chi connectivity index (χ0n) is 10.8. The molecule has 6 heteroatoms. The van der Waals surface area contributed by atoms with Gasteiger partial charge in [-0.3, -0.25) is 4.79 Å². The minimum atomic E-state index is -0.102. The lowest BCUT2D eigenvalue weighted by atomic mass is 10.1. The van der Waals surface area contributed by atoms with Crippen LogP contribution in [-0.2, 0) is 11.3 Å². The molecule has 0 aliphatic heterocycles. The van der Waals surface area contributed by atoms with Gasteiger partial charge in [0, 0.05) is 24.8 Å². The van der Waals surface area contributed by atoms with Crippen molar-refractivity contribution in [2.45, 2.75) is 45.2 Å². The van der Waals surface area contributed by atoms with Crippen LogP contribution in [0.1, 0.15) is 38.3 Å². The second kappa shape index (κ2) is 5.48. The Bertz CT molecular complexity index is 414. The van der Waals surface area contributed by atoms with Gasteiger partial charge in [0.15, 0.2) is 0 Å². The fourth-order valence-corrected chi connectivity index (χ4v) is 1.70. The van der Waals surface area contributed by atoms with E-state index in [1.54, 1.807) is 4.68 Å². The van der Waals surface area contributed by atoms with Crippen LogP contribution < -0.4 is 5.32 Å². The van der Waals surface area contributed by atoms with Crippen LogP contribution in [-0.4, -0.2) is 38.7 Å². The van der Waals surface area contributed by atoms with Gasteiger partial charge >= 0.3 is 0 Å². The Labute approximate surface area is 106 Å². The van der Waals surface area contributed by atoms with Crippen LogP contribution in [0.15, 0.2) is 6.20 Å². The number of carbonyl (C=O) groups is 1. The number of hydrogen-bond donors (Lipinski definition) is 2. The SMILES string of the molecule is CC(CO)C(C)NC(=O)Cn1cc(C2CC2)nn1. The molecule has 1 aromatic rings. The molecule has 2 N–H and O–H groups in total. The van der Waals surface area contributed by atoms with Crippen LogP contribution in [0.3, 0.4) is 0 Å².